The summed E-state index contributed by atoms with van der Waals surface area (Å²) in [5.41, 5.74) is -0.0251. The Morgan fingerprint density at radius 1 is 1.33 bits per heavy atom. The third kappa shape index (κ3) is 4.52. The van der Waals surface area contributed by atoms with Gasteiger partial charge in [-0.3, -0.25) is 0 Å². The van der Waals surface area contributed by atoms with Gasteiger partial charge in [-0.2, -0.15) is 11.3 Å². The third-order valence-electron chi connectivity index (χ3n) is 3.08. The van der Waals surface area contributed by atoms with Crippen LogP contribution in [0.25, 0.3) is 0 Å². The molecule has 0 fully saturated rings. The van der Waals surface area contributed by atoms with E-state index in [-0.39, 0.29) is 12.3 Å². The maximum absolute atomic E-state index is 12.1. The van der Waals surface area contributed by atoms with E-state index in [2.05, 4.69) is 4.72 Å². The number of hydrogen-bond acceptors (Lipinski definition) is 4. The van der Waals surface area contributed by atoms with Gasteiger partial charge in [0.25, 0.3) is 0 Å². The molecule has 2 aromatic rings. The lowest BCUT2D eigenvalue weighted by Gasteiger charge is -2.22. The fraction of sp³-hybridized carbons (Fsp3) is 0.286. The first-order valence-corrected chi connectivity index (χ1v) is 9.23. The quantitative estimate of drug-likeness (QED) is 0.846. The first-order chi connectivity index (χ1) is 9.80. The Morgan fingerprint density at radius 2 is 2.05 bits per heavy atom. The Morgan fingerprint density at radius 3 is 2.67 bits per heavy atom. The molecule has 2 rings (SSSR count). The minimum absolute atomic E-state index is 0.0868. The first-order valence-electron chi connectivity index (χ1n) is 6.26. The normalized spacial score (nSPS) is 14.8. The third-order valence-corrected chi connectivity index (χ3v) is 5.41. The molecule has 4 nitrogen and oxygen atoms in total. The molecule has 1 aromatic heterocycles. The van der Waals surface area contributed by atoms with Gasteiger partial charge in [-0.1, -0.05) is 29.8 Å². The van der Waals surface area contributed by atoms with Gasteiger partial charge in [-0.25, -0.2) is 13.1 Å². The second-order valence-electron chi connectivity index (χ2n) is 4.96. The number of thiophene rings is 1. The van der Waals surface area contributed by atoms with E-state index in [1.165, 1.54) is 11.3 Å². The number of benzene rings is 1. The van der Waals surface area contributed by atoms with Gasteiger partial charge in [0.1, 0.15) is 5.60 Å². The van der Waals surface area contributed by atoms with Crippen molar-refractivity contribution in [3.05, 3.63) is 57.2 Å². The van der Waals surface area contributed by atoms with Crippen LogP contribution in [0.4, 0.5) is 0 Å². The van der Waals surface area contributed by atoms with E-state index < -0.39 is 15.6 Å². The van der Waals surface area contributed by atoms with Gasteiger partial charge in [0.2, 0.25) is 10.0 Å². The van der Waals surface area contributed by atoms with Crippen molar-refractivity contribution in [3.63, 3.8) is 0 Å². The number of rotatable bonds is 6. The molecule has 0 spiro atoms. The summed E-state index contributed by atoms with van der Waals surface area (Å²) < 4.78 is 26.6. The van der Waals surface area contributed by atoms with E-state index in [0.29, 0.717) is 16.1 Å². The maximum Gasteiger partial charge on any atom is 0.215 e. The van der Waals surface area contributed by atoms with Crippen LogP contribution in [0.2, 0.25) is 5.02 Å². The van der Waals surface area contributed by atoms with Gasteiger partial charge in [-0.15, -0.1) is 0 Å². The highest BCUT2D eigenvalue weighted by molar-refractivity contribution is 7.88. The lowest BCUT2D eigenvalue weighted by molar-refractivity contribution is 0.0632. The highest BCUT2D eigenvalue weighted by Crippen LogP contribution is 2.23. The molecule has 0 saturated carbocycles. The molecule has 1 atom stereocenters. The Hall–Kier alpha value is -0.920. The summed E-state index contributed by atoms with van der Waals surface area (Å²) >= 11 is 7.41. The molecule has 0 aliphatic rings. The van der Waals surface area contributed by atoms with E-state index in [1.807, 2.05) is 5.38 Å². The molecule has 1 aromatic carbocycles. The van der Waals surface area contributed by atoms with E-state index >= 15 is 0 Å². The van der Waals surface area contributed by atoms with E-state index in [1.54, 1.807) is 42.6 Å². The van der Waals surface area contributed by atoms with E-state index in [9.17, 15) is 13.5 Å². The molecular formula is C14H16ClNO3S2. The molecule has 0 unspecified atom stereocenters. The summed E-state index contributed by atoms with van der Waals surface area (Å²) in [5.74, 6) is -0.216. The van der Waals surface area contributed by atoms with Crippen LogP contribution < -0.4 is 4.72 Å². The van der Waals surface area contributed by atoms with Gasteiger partial charge in [-0.05, 0) is 40.9 Å². The van der Waals surface area contributed by atoms with Gasteiger partial charge in [0, 0.05) is 11.6 Å². The van der Waals surface area contributed by atoms with Crippen LogP contribution in [0.3, 0.4) is 0 Å². The molecule has 0 saturated heterocycles. The van der Waals surface area contributed by atoms with Crippen LogP contribution in [0.15, 0.2) is 41.1 Å². The molecule has 1 heterocycles. The molecule has 0 aliphatic heterocycles. The molecule has 0 aliphatic carbocycles. The second-order valence-corrected chi connectivity index (χ2v) is 7.95. The lowest BCUT2D eigenvalue weighted by atomic mass is 10.0. The standard InChI is InChI=1S/C14H16ClNO3S2/c1-14(17,12-6-7-20-8-12)10-16-21(18,19)9-11-4-2-3-5-13(11)15/h2-8,16-17H,9-10H2,1H3/t14-/m1/s1. The van der Waals surface area contributed by atoms with E-state index in [4.69, 9.17) is 11.6 Å². The topological polar surface area (TPSA) is 66.4 Å². The lowest BCUT2D eigenvalue weighted by Crippen LogP contribution is -2.38. The summed E-state index contributed by atoms with van der Waals surface area (Å²) in [6.07, 6.45) is 0. The summed E-state index contributed by atoms with van der Waals surface area (Å²) in [6, 6.07) is 8.56. The summed E-state index contributed by atoms with van der Waals surface area (Å²) in [5, 5.41) is 14.4. The highest BCUT2D eigenvalue weighted by atomic mass is 35.5. The zero-order valence-electron chi connectivity index (χ0n) is 11.4. The van der Waals surface area contributed by atoms with Crippen LogP contribution in [0.1, 0.15) is 18.1 Å². The zero-order chi connectivity index (χ0) is 15.5. The molecule has 0 bridgehead atoms. The van der Waals surface area contributed by atoms with Gasteiger partial charge in [0.05, 0.1) is 5.75 Å². The van der Waals surface area contributed by atoms with Gasteiger partial charge < -0.3 is 5.11 Å². The zero-order valence-corrected chi connectivity index (χ0v) is 13.8. The smallest absolute Gasteiger partial charge is 0.215 e. The van der Waals surface area contributed by atoms with Crippen molar-refractivity contribution in [1.82, 2.24) is 4.72 Å². The molecule has 21 heavy (non-hydrogen) atoms. The predicted octanol–water partition coefficient (Wildman–Crippen LogP) is 2.73. The number of sulfonamides is 1. The van der Waals surface area contributed by atoms with Crippen molar-refractivity contribution >= 4 is 33.0 Å². The highest BCUT2D eigenvalue weighted by Gasteiger charge is 2.26. The van der Waals surface area contributed by atoms with E-state index in [0.717, 1.165) is 0 Å². The van der Waals surface area contributed by atoms with Crippen LogP contribution in [-0.4, -0.2) is 20.1 Å². The molecule has 0 radical (unpaired) electrons. The fourth-order valence-corrected chi connectivity index (χ4v) is 4.12. The van der Waals surface area contributed by atoms with Crippen molar-refractivity contribution in [2.45, 2.75) is 18.3 Å². The fourth-order valence-electron chi connectivity index (χ4n) is 1.79. The van der Waals surface area contributed by atoms with Crippen molar-refractivity contribution in [2.75, 3.05) is 6.54 Å². The maximum atomic E-state index is 12.1. The van der Waals surface area contributed by atoms with Crippen LogP contribution in [-0.2, 0) is 21.4 Å². The number of halogens is 1. The van der Waals surface area contributed by atoms with Crippen molar-refractivity contribution < 1.29 is 13.5 Å². The summed E-state index contributed by atoms with van der Waals surface area (Å²) in [6.45, 7) is 1.49. The van der Waals surface area contributed by atoms with Gasteiger partial charge in [0.15, 0.2) is 0 Å². The summed E-state index contributed by atoms with van der Waals surface area (Å²) in [7, 11) is -3.57. The Kier molecular flexibility index (Phi) is 5.06. The summed E-state index contributed by atoms with van der Waals surface area (Å²) in [4.78, 5) is 0. The van der Waals surface area contributed by atoms with Gasteiger partial charge >= 0.3 is 0 Å². The average molecular weight is 346 g/mol. The number of nitrogens with one attached hydrogen (secondary N) is 1. The molecule has 114 valence electrons. The molecule has 0 amide bonds. The van der Waals surface area contributed by atoms with Crippen LogP contribution in [0.5, 0.6) is 0 Å². The minimum Gasteiger partial charge on any atom is -0.384 e. The Bertz CT molecular complexity index is 697. The predicted molar refractivity (Wildman–Crippen MR) is 86.0 cm³/mol. The molecule has 7 heteroatoms. The molecule has 2 N–H and O–H groups in total. The number of hydrogen-bond donors (Lipinski definition) is 2. The second kappa shape index (κ2) is 6.46. The molecular weight excluding hydrogens is 330 g/mol. The average Bonchev–Trinajstić information content (AvgIpc) is 2.94. The SMILES string of the molecule is C[C@@](O)(CNS(=O)(=O)Cc1ccccc1Cl)c1ccsc1. The Labute approximate surface area is 133 Å². The van der Waals surface area contributed by atoms with Crippen LogP contribution >= 0.6 is 22.9 Å². The number of aliphatic hydroxyl groups is 1. The van der Waals surface area contributed by atoms with Crippen molar-refractivity contribution in [2.24, 2.45) is 0 Å². The minimum atomic E-state index is -3.57. The van der Waals surface area contributed by atoms with Crippen molar-refractivity contribution in [1.29, 1.82) is 0 Å². The van der Waals surface area contributed by atoms with Crippen LogP contribution in [0, 0.1) is 0 Å². The largest absolute Gasteiger partial charge is 0.384 e. The monoisotopic (exact) mass is 345 g/mol. The Balaban J connectivity index is 2.04. The van der Waals surface area contributed by atoms with Crippen molar-refractivity contribution in [3.8, 4) is 0 Å². The first kappa shape index (κ1) is 16.5.